The Bertz CT molecular complexity index is 450. The zero-order chi connectivity index (χ0) is 13.8. The van der Waals surface area contributed by atoms with Gasteiger partial charge in [0.1, 0.15) is 5.75 Å². The molecule has 0 saturated heterocycles. The Morgan fingerprint density at radius 3 is 2.63 bits per heavy atom. The summed E-state index contributed by atoms with van der Waals surface area (Å²) in [6.07, 6.45) is 6.33. The summed E-state index contributed by atoms with van der Waals surface area (Å²) in [5.41, 5.74) is 1.36. The second-order valence-corrected chi connectivity index (χ2v) is 5.66. The Morgan fingerprint density at radius 1 is 1.32 bits per heavy atom. The van der Waals surface area contributed by atoms with E-state index in [9.17, 15) is 9.90 Å². The maximum Gasteiger partial charge on any atom is 0.251 e. The van der Waals surface area contributed by atoms with Gasteiger partial charge >= 0.3 is 0 Å². The van der Waals surface area contributed by atoms with Gasteiger partial charge in [-0.1, -0.05) is 19.3 Å². The molecule has 2 N–H and O–H groups in total. The van der Waals surface area contributed by atoms with Gasteiger partial charge in [0.05, 0.1) is 0 Å². The minimum atomic E-state index is -0.0406. The van der Waals surface area contributed by atoms with Crippen LogP contribution in [0.3, 0.4) is 0 Å². The van der Waals surface area contributed by atoms with Crippen molar-refractivity contribution in [3.63, 3.8) is 0 Å². The third-order valence-electron chi connectivity index (χ3n) is 4.17. The molecule has 1 amide bonds. The number of hydrogen-bond acceptors (Lipinski definition) is 2. The summed E-state index contributed by atoms with van der Waals surface area (Å²) in [5, 5.41) is 12.6. The molecule has 1 saturated carbocycles. The highest BCUT2D eigenvalue weighted by molar-refractivity contribution is 5.94. The van der Waals surface area contributed by atoms with Crippen molar-refractivity contribution in [2.24, 2.45) is 5.92 Å². The highest BCUT2D eigenvalue weighted by Crippen LogP contribution is 2.26. The van der Waals surface area contributed by atoms with E-state index in [-0.39, 0.29) is 17.7 Å². The molecule has 3 nitrogen and oxygen atoms in total. The van der Waals surface area contributed by atoms with Crippen molar-refractivity contribution in [2.45, 2.75) is 52.0 Å². The molecule has 19 heavy (non-hydrogen) atoms. The minimum absolute atomic E-state index is 0.0406. The van der Waals surface area contributed by atoms with Crippen molar-refractivity contribution in [2.75, 3.05) is 0 Å². The Balaban J connectivity index is 1.97. The molecule has 0 bridgehead atoms. The fraction of sp³-hybridized carbons (Fsp3) is 0.562. The molecule has 1 fully saturated rings. The second-order valence-electron chi connectivity index (χ2n) is 5.66. The van der Waals surface area contributed by atoms with E-state index in [1.54, 1.807) is 25.1 Å². The van der Waals surface area contributed by atoms with Gasteiger partial charge in [-0.2, -0.15) is 0 Å². The summed E-state index contributed by atoms with van der Waals surface area (Å²) in [6.45, 7) is 3.90. The summed E-state index contributed by atoms with van der Waals surface area (Å²) in [5.74, 6) is 0.800. The zero-order valence-electron chi connectivity index (χ0n) is 11.8. The van der Waals surface area contributed by atoms with Crippen LogP contribution in [0.15, 0.2) is 18.2 Å². The fourth-order valence-electron chi connectivity index (χ4n) is 2.84. The van der Waals surface area contributed by atoms with Gasteiger partial charge in [0, 0.05) is 11.6 Å². The Hall–Kier alpha value is -1.51. The van der Waals surface area contributed by atoms with Crippen molar-refractivity contribution in [3.05, 3.63) is 29.3 Å². The summed E-state index contributed by atoms with van der Waals surface area (Å²) < 4.78 is 0. The molecule has 3 heteroatoms. The van der Waals surface area contributed by atoms with Crippen LogP contribution in [0.25, 0.3) is 0 Å². The number of phenols is 1. The van der Waals surface area contributed by atoms with E-state index in [1.807, 2.05) is 0 Å². The van der Waals surface area contributed by atoms with Crippen LogP contribution in [0.2, 0.25) is 0 Å². The Labute approximate surface area is 115 Å². The molecule has 2 rings (SSSR count). The van der Waals surface area contributed by atoms with Crippen LogP contribution < -0.4 is 5.32 Å². The second kappa shape index (κ2) is 6.09. The topological polar surface area (TPSA) is 49.3 Å². The lowest BCUT2D eigenvalue weighted by molar-refractivity contribution is 0.0919. The molecule has 1 aromatic carbocycles. The number of nitrogens with one attached hydrogen (secondary N) is 1. The molecule has 1 aliphatic carbocycles. The van der Waals surface area contributed by atoms with Crippen molar-refractivity contribution in [1.29, 1.82) is 0 Å². The number of rotatable bonds is 3. The maximum absolute atomic E-state index is 12.2. The third-order valence-corrected chi connectivity index (χ3v) is 4.17. The average Bonchev–Trinajstić information content (AvgIpc) is 2.42. The fourth-order valence-corrected chi connectivity index (χ4v) is 2.84. The standard InChI is InChI=1S/C16H23NO2/c1-11-10-14(8-9-15(11)18)16(19)17-12(2)13-6-4-3-5-7-13/h8-10,12-13,18H,3-7H2,1-2H3,(H,17,19). The number of hydrogen-bond donors (Lipinski definition) is 2. The molecule has 0 aromatic heterocycles. The number of phenolic OH excluding ortho intramolecular Hbond substituents is 1. The Morgan fingerprint density at radius 2 is 2.00 bits per heavy atom. The summed E-state index contributed by atoms with van der Waals surface area (Å²) in [6, 6.07) is 5.21. The summed E-state index contributed by atoms with van der Waals surface area (Å²) in [7, 11) is 0. The van der Waals surface area contributed by atoms with Gasteiger partial charge in [-0.15, -0.1) is 0 Å². The predicted molar refractivity (Wildman–Crippen MR) is 76.3 cm³/mol. The van der Waals surface area contributed by atoms with Gasteiger partial charge in [0.25, 0.3) is 5.91 Å². The predicted octanol–water partition coefficient (Wildman–Crippen LogP) is 3.40. The maximum atomic E-state index is 12.2. The van der Waals surface area contributed by atoms with E-state index in [1.165, 1.54) is 32.1 Å². The minimum Gasteiger partial charge on any atom is -0.508 e. The number of amides is 1. The number of benzene rings is 1. The molecule has 1 aliphatic rings. The van der Waals surface area contributed by atoms with Crippen molar-refractivity contribution in [1.82, 2.24) is 5.32 Å². The number of carbonyl (C=O) groups is 1. The first-order valence-electron chi connectivity index (χ1n) is 7.18. The zero-order valence-corrected chi connectivity index (χ0v) is 11.8. The smallest absolute Gasteiger partial charge is 0.251 e. The molecular weight excluding hydrogens is 238 g/mol. The van der Waals surface area contributed by atoms with Gasteiger partial charge in [-0.3, -0.25) is 4.79 Å². The normalized spacial score (nSPS) is 18.0. The van der Waals surface area contributed by atoms with Gasteiger partial charge in [0.2, 0.25) is 0 Å². The van der Waals surface area contributed by atoms with E-state index in [0.29, 0.717) is 11.5 Å². The molecular formula is C16H23NO2. The lowest BCUT2D eigenvalue weighted by Gasteiger charge is -2.28. The molecule has 0 aliphatic heterocycles. The molecule has 1 unspecified atom stereocenters. The summed E-state index contributed by atoms with van der Waals surface area (Å²) in [4.78, 5) is 12.2. The molecule has 104 valence electrons. The lowest BCUT2D eigenvalue weighted by atomic mass is 9.84. The van der Waals surface area contributed by atoms with Crippen LogP contribution in [-0.4, -0.2) is 17.1 Å². The SMILES string of the molecule is Cc1cc(C(=O)NC(C)C2CCCCC2)ccc1O. The first-order chi connectivity index (χ1) is 9.08. The van der Waals surface area contributed by atoms with Crippen molar-refractivity contribution in [3.8, 4) is 5.75 Å². The number of aryl methyl sites for hydroxylation is 1. The third kappa shape index (κ3) is 3.49. The van der Waals surface area contributed by atoms with Crippen molar-refractivity contribution < 1.29 is 9.90 Å². The Kier molecular flexibility index (Phi) is 4.46. The highest BCUT2D eigenvalue weighted by atomic mass is 16.3. The quantitative estimate of drug-likeness (QED) is 0.876. The summed E-state index contributed by atoms with van der Waals surface area (Å²) >= 11 is 0. The lowest BCUT2D eigenvalue weighted by Crippen LogP contribution is -2.38. The van der Waals surface area contributed by atoms with Crippen LogP contribution in [0, 0.1) is 12.8 Å². The van der Waals surface area contributed by atoms with Crippen LogP contribution in [0.5, 0.6) is 5.75 Å². The van der Waals surface area contributed by atoms with E-state index in [4.69, 9.17) is 0 Å². The van der Waals surface area contributed by atoms with Gasteiger partial charge in [-0.05, 0) is 56.4 Å². The van der Waals surface area contributed by atoms with Crippen LogP contribution in [0.1, 0.15) is 54.9 Å². The van der Waals surface area contributed by atoms with E-state index in [2.05, 4.69) is 12.2 Å². The molecule has 0 spiro atoms. The van der Waals surface area contributed by atoms with E-state index >= 15 is 0 Å². The first-order valence-corrected chi connectivity index (χ1v) is 7.18. The molecule has 0 radical (unpaired) electrons. The largest absolute Gasteiger partial charge is 0.508 e. The number of aromatic hydroxyl groups is 1. The molecule has 1 atom stereocenters. The first kappa shape index (κ1) is 13.9. The van der Waals surface area contributed by atoms with Crippen molar-refractivity contribution >= 4 is 5.91 Å². The van der Waals surface area contributed by atoms with E-state index in [0.717, 1.165) is 5.56 Å². The van der Waals surface area contributed by atoms with Crippen LogP contribution >= 0.6 is 0 Å². The van der Waals surface area contributed by atoms with E-state index < -0.39 is 0 Å². The molecule has 0 heterocycles. The van der Waals surface area contributed by atoms with Gasteiger partial charge < -0.3 is 10.4 Å². The van der Waals surface area contributed by atoms with Crippen LogP contribution in [0.4, 0.5) is 0 Å². The molecule has 1 aromatic rings. The van der Waals surface area contributed by atoms with Crippen LogP contribution in [-0.2, 0) is 0 Å². The number of carbonyl (C=O) groups excluding carboxylic acids is 1. The average molecular weight is 261 g/mol. The monoisotopic (exact) mass is 261 g/mol. The van der Waals surface area contributed by atoms with Gasteiger partial charge in [0.15, 0.2) is 0 Å². The highest BCUT2D eigenvalue weighted by Gasteiger charge is 2.21. The van der Waals surface area contributed by atoms with Gasteiger partial charge in [-0.25, -0.2) is 0 Å².